The van der Waals surface area contributed by atoms with Crippen LogP contribution in [-0.2, 0) is 4.79 Å². The molecule has 3 nitrogen and oxygen atoms in total. The van der Waals surface area contributed by atoms with Crippen LogP contribution in [0.4, 0.5) is 0 Å². The Hall–Kier alpha value is -0.930. The summed E-state index contributed by atoms with van der Waals surface area (Å²) >= 11 is 11.6. The SMILES string of the molecule is CC(C)(C)CC(Oc1ccc(Cl)c(Cl)c1)C(=O)[O-]. The van der Waals surface area contributed by atoms with Crippen LogP contribution >= 0.6 is 23.2 Å². The lowest BCUT2D eigenvalue weighted by Crippen LogP contribution is -2.41. The molecule has 0 aliphatic heterocycles. The summed E-state index contributed by atoms with van der Waals surface area (Å²) in [5.41, 5.74) is -0.180. The van der Waals surface area contributed by atoms with Crippen LogP contribution in [0.5, 0.6) is 5.75 Å². The van der Waals surface area contributed by atoms with Crippen molar-refractivity contribution in [2.24, 2.45) is 5.41 Å². The largest absolute Gasteiger partial charge is 0.546 e. The van der Waals surface area contributed by atoms with Crippen LogP contribution in [0.3, 0.4) is 0 Å². The highest BCUT2D eigenvalue weighted by Crippen LogP contribution is 2.29. The van der Waals surface area contributed by atoms with E-state index in [4.69, 9.17) is 27.9 Å². The maximum atomic E-state index is 11.0. The molecule has 0 aliphatic rings. The van der Waals surface area contributed by atoms with Gasteiger partial charge in [0.1, 0.15) is 11.9 Å². The van der Waals surface area contributed by atoms with Gasteiger partial charge in [0.2, 0.25) is 0 Å². The second kappa shape index (κ2) is 5.81. The molecular weight excluding hydrogens is 275 g/mol. The summed E-state index contributed by atoms with van der Waals surface area (Å²) in [5, 5.41) is 11.8. The summed E-state index contributed by atoms with van der Waals surface area (Å²) in [6.07, 6.45) is -0.669. The van der Waals surface area contributed by atoms with E-state index in [1.807, 2.05) is 20.8 Å². The molecule has 0 aliphatic carbocycles. The predicted octanol–water partition coefficient (Wildman–Crippen LogP) is 2.93. The van der Waals surface area contributed by atoms with E-state index in [2.05, 4.69) is 0 Å². The van der Waals surface area contributed by atoms with Gasteiger partial charge in [-0.1, -0.05) is 44.0 Å². The Morgan fingerprint density at radius 2 is 1.94 bits per heavy atom. The number of carbonyl (C=O) groups excluding carboxylic acids is 1. The van der Waals surface area contributed by atoms with Crippen LogP contribution in [0.25, 0.3) is 0 Å². The maximum Gasteiger partial charge on any atom is 0.138 e. The Bertz CT molecular complexity index is 438. The highest BCUT2D eigenvalue weighted by Gasteiger charge is 2.21. The molecule has 0 saturated carbocycles. The molecule has 0 aromatic heterocycles. The quantitative estimate of drug-likeness (QED) is 0.856. The van der Waals surface area contributed by atoms with Crippen LogP contribution < -0.4 is 9.84 Å². The number of hydrogen-bond donors (Lipinski definition) is 0. The van der Waals surface area contributed by atoms with Crippen molar-refractivity contribution in [3.63, 3.8) is 0 Å². The molecule has 1 aromatic carbocycles. The summed E-state index contributed by atoms with van der Waals surface area (Å²) in [6.45, 7) is 5.80. The third kappa shape index (κ3) is 4.75. The first-order valence-corrected chi connectivity index (χ1v) is 6.27. The van der Waals surface area contributed by atoms with Gasteiger partial charge in [0.15, 0.2) is 0 Å². The Labute approximate surface area is 117 Å². The molecule has 0 heterocycles. The molecular formula is C13H15Cl2O3-. The van der Waals surface area contributed by atoms with Crippen LogP contribution in [0.1, 0.15) is 27.2 Å². The monoisotopic (exact) mass is 289 g/mol. The highest BCUT2D eigenvalue weighted by molar-refractivity contribution is 6.42. The van der Waals surface area contributed by atoms with Crippen molar-refractivity contribution in [1.82, 2.24) is 0 Å². The molecule has 0 spiro atoms. The lowest BCUT2D eigenvalue weighted by Gasteiger charge is -2.27. The van der Waals surface area contributed by atoms with Gasteiger partial charge in [0, 0.05) is 6.07 Å². The van der Waals surface area contributed by atoms with Crippen LogP contribution in [-0.4, -0.2) is 12.1 Å². The van der Waals surface area contributed by atoms with Gasteiger partial charge in [-0.15, -0.1) is 0 Å². The Morgan fingerprint density at radius 1 is 1.33 bits per heavy atom. The van der Waals surface area contributed by atoms with Crippen molar-refractivity contribution in [1.29, 1.82) is 0 Å². The number of halogens is 2. The number of hydrogen-bond acceptors (Lipinski definition) is 3. The zero-order valence-corrected chi connectivity index (χ0v) is 12.0. The van der Waals surface area contributed by atoms with Gasteiger partial charge < -0.3 is 14.6 Å². The molecule has 1 rings (SSSR count). The second-order valence-electron chi connectivity index (χ2n) is 5.27. The van der Waals surface area contributed by atoms with E-state index < -0.39 is 12.1 Å². The fraction of sp³-hybridized carbons (Fsp3) is 0.462. The molecule has 1 unspecified atom stereocenters. The second-order valence-corrected chi connectivity index (χ2v) is 6.08. The van der Waals surface area contributed by atoms with Crippen molar-refractivity contribution < 1.29 is 14.6 Å². The van der Waals surface area contributed by atoms with E-state index in [1.165, 1.54) is 6.07 Å². The molecule has 100 valence electrons. The number of benzene rings is 1. The third-order valence-corrected chi connectivity index (χ3v) is 2.97. The molecule has 0 amide bonds. The van der Waals surface area contributed by atoms with Crippen molar-refractivity contribution >= 4 is 29.2 Å². The molecule has 18 heavy (non-hydrogen) atoms. The average Bonchev–Trinajstić information content (AvgIpc) is 2.20. The average molecular weight is 290 g/mol. The lowest BCUT2D eigenvalue weighted by atomic mass is 9.89. The van der Waals surface area contributed by atoms with Gasteiger partial charge in [0.25, 0.3) is 0 Å². The zero-order valence-electron chi connectivity index (χ0n) is 10.5. The number of aliphatic carboxylic acids is 1. The molecule has 1 aromatic rings. The minimum absolute atomic E-state index is 0.180. The predicted molar refractivity (Wildman–Crippen MR) is 70.0 cm³/mol. The Kier molecular flexibility index (Phi) is 4.88. The van der Waals surface area contributed by atoms with Crippen LogP contribution in [0, 0.1) is 5.41 Å². The zero-order chi connectivity index (χ0) is 13.9. The lowest BCUT2D eigenvalue weighted by molar-refractivity contribution is -0.314. The third-order valence-electron chi connectivity index (χ3n) is 2.23. The Balaban J connectivity index is 2.83. The number of carboxylic acid groups (broad SMARTS) is 1. The van der Waals surface area contributed by atoms with Gasteiger partial charge in [-0.3, -0.25) is 0 Å². The van der Waals surface area contributed by atoms with E-state index in [-0.39, 0.29) is 5.41 Å². The van der Waals surface area contributed by atoms with E-state index >= 15 is 0 Å². The number of rotatable bonds is 4. The summed E-state index contributed by atoms with van der Waals surface area (Å²) in [5.74, 6) is -0.876. The van der Waals surface area contributed by atoms with E-state index in [9.17, 15) is 9.90 Å². The fourth-order valence-corrected chi connectivity index (χ4v) is 1.73. The molecule has 0 N–H and O–H groups in total. The number of carbonyl (C=O) groups is 1. The van der Waals surface area contributed by atoms with Crippen molar-refractivity contribution in [2.75, 3.05) is 0 Å². The molecule has 5 heteroatoms. The summed E-state index contributed by atoms with van der Waals surface area (Å²) in [7, 11) is 0. The highest BCUT2D eigenvalue weighted by atomic mass is 35.5. The van der Waals surface area contributed by atoms with Gasteiger partial charge in [-0.2, -0.15) is 0 Å². The molecule has 0 fully saturated rings. The summed E-state index contributed by atoms with van der Waals surface area (Å²) in [4.78, 5) is 11.0. The Morgan fingerprint density at radius 3 is 2.39 bits per heavy atom. The normalized spacial score (nSPS) is 13.2. The van der Waals surface area contributed by atoms with Crippen molar-refractivity contribution in [3.8, 4) is 5.75 Å². The molecule has 1 atom stereocenters. The first-order valence-electron chi connectivity index (χ1n) is 5.51. The van der Waals surface area contributed by atoms with Crippen LogP contribution in [0.2, 0.25) is 10.0 Å². The van der Waals surface area contributed by atoms with Gasteiger partial charge in [-0.25, -0.2) is 0 Å². The van der Waals surface area contributed by atoms with E-state index in [0.717, 1.165) is 0 Å². The molecule has 0 bridgehead atoms. The van der Waals surface area contributed by atoms with Gasteiger partial charge in [0.05, 0.1) is 16.0 Å². The van der Waals surface area contributed by atoms with Crippen molar-refractivity contribution in [2.45, 2.75) is 33.3 Å². The standard InChI is InChI=1S/C13H16Cl2O3/c1-13(2,3)7-11(12(16)17)18-8-4-5-9(14)10(15)6-8/h4-6,11H,7H2,1-3H3,(H,16,17)/p-1. The minimum Gasteiger partial charge on any atom is -0.546 e. The number of carboxylic acids is 1. The van der Waals surface area contributed by atoms with Gasteiger partial charge >= 0.3 is 0 Å². The van der Waals surface area contributed by atoms with Crippen molar-refractivity contribution in [3.05, 3.63) is 28.2 Å². The van der Waals surface area contributed by atoms with E-state index in [0.29, 0.717) is 22.2 Å². The maximum absolute atomic E-state index is 11.0. The first kappa shape index (κ1) is 15.1. The first-order chi connectivity index (χ1) is 8.19. The fourth-order valence-electron chi connectivity index (χ4n) is 1.44. The number of ether oxygens (including phenoxy) is 1. The molecule has 0 saturated heterocycles. The molecule has 0 radical (unpaired) electrons. The topological polar surface area (TPSA) is 49.4 Å². The summed E-state index contributed by atoms with van der Waals surface area (Å²) < 4.78 is 5.38. The smallest absolute Gasteiger partial charge is 0.138 e. The van der Waals surface area contributed by atoms with Gasteiger partial charge in [-0.05, 0) is 24.0 Å². The summed E-state index contributed by atoms with van der Waals surface area (Å²) in [6, 6.07) is 4.62. The van der Waals surface area contributed by atoms with E-state index in [1.54, 1.807) is 12.1 Å². The minimum atomic E-state index is -1.24. The van der Waals surface area contributed by atoms with Crippen LogP contribution in [0.15, 0.2) is 18.2 Å².